The molecule has 34 heavy (non-hydrogen) atoms. The molecular formula is C24H15BrN2O7. The molecule has 9 nitrogen and oxygen atoms in total. The van der Waals surface area contributed by atoms with Gasteiger partial charge in [-0.05, 0) is 30.3 Å². The van der Waals surface area contributed by atoms with Gasteiger partial charge in [0.25, 0.3) is 17.5 Å². The van der Waals surface area contributed by atoms with E-state index in [0.29, 0.717) is 4.47 Å². The van der Waals surface area contributed by atoms with Crippen molar-refractivity contribution >= 4 is 45.2 Å². The fourth-order valence-corrected chi connectivity index (χ4v) is 3.86. The summed E-state index contributed by atoms with van der Waals surface area (Å²) in [6.45, 7) is -0.699. The van der Waals surface area contributed by atoms with Crippen molar-refractivity contribution in [1.82, 2.24) is 4.90 Å². The molecule has 2 amide bonds. The molecule has 10 heteroatoms. The van der Waals surface area contributed by atoms with Gasteiger partial charge < -0.3 is 4.74 Å². The Kier molecular flexibility index (Phi) is 6.33. The van der Waals surface area contributed by atoms with E-state index in [-0.39, 0.29) is 27.9 Å². The zero-order valence-electron chi connectivity index (χ0n) is 17.3. The largest absolute Gasteiger partial charge is 0.448 e. The van der Waals surface area contributed by atoms with Crippen LogP contribution in [0.5, 0.6) is 0 Å². The number of rotatable bonds is 7. The quantitative estimate of drug-likeness (QED) is 0.150. The van der Waals surface area contributed by atoms with Crippen LogP contribution >= 0.6 is 15.9 Å². The lowest BCUT2D eigenvalue weighted by Crippen LogP contribution is -2.36. The molecule has 0 aromatic heterocycles. The van der Waals surface area contributed by atoms with Gasteiger partial charge in [0.1, 0.15) is 6.54 Å². The Bertz CT molecular complexity index is 1320. The lowest BCUT2D eigenvalue weighted by Gasteiger charge is -2.19. The third-order valence-corrected chi connectivity index (χ3v) is 5.67. The molecular weight excluding hydrogens is 508 g/mol. The van der Waals surface area contributed by atoms with Crippen LogP contribution in [0.4, 0.5) is 5.69 Å². The van der Waals surface area contributed by atoms with Crippen molar-refractivity contribution in [3.8, 4) is 0 Å². The standard InChI is InChI=1S/C24H15BrN2O7/c25-16-8-11-18-19(12-16)24(31)26(23(18)30)13-20(28)34-22(21(29)14-4-2-1-3-5-14)15-6-9-17(10-7-15)27(32)33/h1-12,22H,13H2/t22-/m0/s1. The van der Waals surface area contributed by atoms with Crippen LogP contribution in [-0.4, -0.2) is 39.9 Å². The minimum atomic E-state index is -1.43. The maximum Gasteiger partial charge on any atom is 0.327 e. The second kappa shape index (κ2) is 9.36. The van der Waals surface area contributed by atoms with Gasteiger partial charge in [-0.3, -0.25) is 34.2 Å². The van der Waals surface area contributed by atoms with Crippen molar-refractivity contribution in [1.29, 1.82) is 0 Å². The van der Waals surface area contributed by atoms with Crippen LogP contribution < -0.4 is 0 Å². The third-order valence-electron chi connectivity index (χ3n) is 5.17. The number of esters is 1. The summed E-state index contributed by atoms with van der Waals surface area (Å²) >= 11 is 3.24. The lowest BCUT2D eigenvalue weighted by molar-refractivity contribution is -0.384. The number of nitrogens with zero attached hydrogens (tertiary/aromatic N) is 2. The molecule has 0 aliphatic carbocycles. The van der Waals surface area contributed by atoms with Gasteiger partial charge in [-0.15, -0.1) is 0 Å². The second-order valence-corrected chi connectivity index (χ2v) is 8.25. The van der Waals surface area contributed by atoms with Crippen molar-refractivity contribution in [2.75, 3.05) is 6.54 Å². The van der Waals surface area contributed by atoms with Gasteiger partial charge >= 0.3 is 5.97 Å². The molecule has 170 valence electrons. The summed E-state index contributed by atoms with van der Waals surface area (Å²) in [7, 11) is 0. The zero-order valence-corrected chi connectivity index (χ0v) is 18.9. The number of benzene rings is 3. The molecule has 0 spiro atoms. The first kappa shape index (κ1) is 23.0. The van der Waals surface area contributed by atoms with Gasteiger partial charge in [0, 0.05) is 27.7 Å². The molecule has 0 radical (unpaired) electrons. The first-order valence-corrected chi connectivity index (χ1v) is 10.7. The summed E-state index contributed by atoms with van der Waals surface area (Å²) in [6.07, 6.45) is -1.43. The fourth-order valence-electron chi connectivity index (χ4n) is 3.50. The Balaban J connectivity index is 1.58. The minimum absolute atomic E-state index is 0.152. The van der Waals surface area contributed by atoms with E-state index < -0.39 is 41.1 Å². The van der Waals surface area contributed by atoms with Gasteiger partial charge in [-0.1, -0.05) is 46.3 Å². The Morgan fingerprint density at radius 1 is 0.941 bits per heavy atom. The van der Waals surface area contributed by atoms with Crippen molar-refractivity contribution in [2.24, 2.45) is 0 Å². The van der Waals surface area contributed by atoms with Gasteiger partial charge in [0.2, 0.25) is 5.78 Å². The molecule has 3 aromatic rings. The second-order valence-electron chi connectivity index (χ2n) is 7.34. The first-order valence-electron chi connectivity index (χ1n) is 9.95. The highest BCUT2D eigenvalue weighted by Crippen LogP contribution is 2.28. The first-order chi connectivity index (χ1) is 16.3. The Hall–Kier alpha value is -4.18. The van der Waals surface area contributed by atoms with Crippen molar-refractivity contribution in [2.45, 2.75) is 6.10 Å². The molecule has 0 saturated heterocycles. The number of carbonyl (C=O) groups is 4. The van der Waals surface area contributed by atoms with E-state index in [1.54, 1.807) is 24.3 Å². The summed E-state index contributed by atoms with van der Waals surface area (Å²) in [5.74, 6) is -2.85. The smallest absolute Gasteiger partial charge is 0.327 e. The van der Waals surface area contributed by atoms with Gasteiger partial charge in [0.05, 0.1) is 16.1 Å². The predicted octanol–water partition coefficient (Wildman–Crippen LogP) is 4.12. The number of ether oxygens (including phenoxy) is 1. The van der Waals surface area contributed by atoms with E-state index in [4.69, 9.17) is 4.74 Å². The van der Waals surface area contributed by atoms with Crippen LogP contribution in [0.15, 0.2) is 77.3 Å². The number of hydrogen-bond donors (Lipinski definition) is 0. The number of non-ortho nitro benzene ring substituents is 1. The number of fused-ring (bicyclic) bond motifs is 1. The lowest BCUT2D eigenvalue weighted by atomic mass is 9.99. The molecule has 1 atom stereocenters. The minimum Gasteiger partial charge on any atom is -0.448 e. The number of nitro benzene ring substituents is 1. The van der Waals surface area contributed by atoms with Gasteiger partial charge in [-0.25, -0.2) is 0 Å². The van der Waals surface area contributed by atoms with Gasteiger partial charge in [-0.2, -0.15) is 0 Å². The Labute approximate surface area is 201 Å². The summed E-state index contributed by atoms with van der Waals surface area (Å²) < 4.78 is 6.02. The van der Waals surface area contributed by atoms with Crippen LogP contribution in [0.1, 0.15) is 42.7 Å². The van der Waals surface area contributed by atoms with E-state index in [9.17, 15) is 29.3 Å². The molecule has 0 saturated carbocycles. The molecule has 0 bridgehead atoms. The Morgan fingerprint density at radius 3 is 2.24 bits per heavy atom. The average Bonchev–Trinajstić information content (AvgIpc) is 3.06. The summed E-state index contributed by atoms with van der Waals surface area (Å²) in [5.41, 5.74) is 0.578. The molecule has 1 heterocycles. The average molecular weight is 523 g/mol. The fraction of sp³-hybridized carbons (Fsp3) is 0.0833. The zero-order chi connectivity index (χ0) is 24.4. The molecule has 4 rings (SSSR count). The van der Waals surface area contributed by atoms with Gasteiger partial charge in [0.15, 0.2) is 6.10 Å². The van der Waals surface area contributed by atoms with Crippen LogP contribution in [-0.2, 0) is 9.53 Å². The maximum atomic E-state index is 13.1. The van der Waals surface area contributed by atoms with Crippen molar-refractivity contribution in [3.63, 3.8) is 0 Å². The number of amides is 2. The number of imide groups is 1. The Morgan fingerprint density at radius 2 is 1.59 bits per heavy atom. The highest BCUT2D eigenvalue weighted by atomic mass is 79.9. The number of Topliss-reactive ketones (excluding diaryl/α,β-unsaturated/α-hetero) is 1. The van der Waals surface area contributed by atoms with E-state index in [1.807, 2.05) is 0 Å². The van der Waals surface area contributed by atoms with E-state index in [2.05, 4.69) is 15.9 Å². The molecule has 0 unspecified atom stereocenters. The SMILES string of the molecule is O=C(CN1C(=O)c2ccc(Br)cc2C1=O)O[C@H](C(=O)c1ccccc1)c1ccc([N+](=O)[O-])cc1. The number of hydrogen-bond acceptors (Lipinski definition) is 7. The molecule has 1 aliphatic rings. The summed E-state index contributed by atoms with van der Waals surface area (Å²) in [5, 5.41) is 11.0. The number of carbonyl (C=O) groups excluding carboxylic acids is 4. The molecule has 3 aromatic carbocycles. The highest BCUT2D eigenvalue weighted by molar-refractivity contribution is 9.10. The van der Waals surface area contributed by atoms with E-state index in [1.165, 1.54) is 48.5 Å². The van der Waals surface area contributed by atoms with Crippen molar-refractivity contribution in [3.05, 3.63) is 110 Å². The molecule has 0 N–H and O–H groups in total. The maximum absolute atomic E-state index is 13.1. The van der Waals surface area contributed by atoms with Crippen LogP contribution in [0.25, 0.3) is 0 Å². The van der Waals surface area contributed by atoms with Crippen LogP contribution in [0, 0.1) is 10.1 Å². The monoisotopic (exact) mass is 522 g/mol. The number of ketones is 1. The summed E-state index contributed by atoms with van der Waals surface area (Å²) in [6, 6.07) is 17.6. The summed E-state index contributed by atoms with van der Waals surface area (Å²) in [4.78, 5) is 62.3. The van der Waals surface area contributed by atoms with E-state index in [0.717, 1.165) is 4.90 Å². The third kappa shape index (κ3) is 4.48. The molecule has 0 fully saturated rings. The number of halogens is 1. The predicted molar refractivity (Wildman–Crippen MR) is 122 cm³/mol. The van der Waals surface area contributed by atoms with Crippen LogP contribution in [0.2, 0.25) is 0 Å². The normalized spacial score (nSPS) is 13.4. The van der Waals surface area contributed by atoms with Crippen molar-refractivity contribution < 1.29 is 28.8 Å². The van der Waals surface area contributed by atoms with E-state index >= 15 is 0 Å². The topological polar surface area (TPSA) is 124 Å². The number of nitro groups is 1. The van der Waals surface area contributed by atoms with Crippen LogP contribution in [0.3, 0.4) is 0 Å². The molecule has 1 aliphatic heterocycles. The highest BCUT2D eigenvalue weighted by Gasteiger charge is 2.38.